The van der Waals surface area contributed by atoms with Crippen LogP contribution in [0, 0.1) is 0 Å². The maximum absolute atomic E-state index is 12.7. The van der Waals surface area contributed by atoms with Gasteiger partial charge in [0.15, 0.2) is 0 Å². The van der Waals surface area contributed by atoms with Crippen molar-refractivity contribution in [3.63, 3.8) is 0 Å². The SMILES string of the molecule is CCc1ccc(S(=O)(=O)N2CCCCC2C)cc1C(=O)O. The van der Waals surface area contributed by atoms with Gasteiger partial charge in [0.2, 0.25) is 10.0 Å². The van der Waals surface area contributed by atoms with Crippen molar-refractivity contribution in [2.45, 2.75) is 50.5 Å². The summed E-state index contributed by atoms with van der Waals surface area (Å²) in [5.41, 5.74) is 0.719. The zero-order chi connectivity index (χ0) is 15.6. The molecule has 6 heteroatoms. The minimum absolute atomic E-state index is 0.0390. The van der Waals surface area contributed by atoms with Gasteiger partial charge in [0.25, 0.3) is 0 Å². The van der Waals surface area contributed by atoms with Gasteiger partial charge in [-0.2, -0.15) is 4.31 Å². The molecule has 0 bridgehead atoms. The first-order chi connectivity index (χ1) is 9.87. The minimum atomic E-state index is -3.62. The van der Waals surface area contributed by atoms with E-state index in [1.54, 1.807) is 6.07 Å². The van der Waals surface area contributed by atoms with E-state index in [0.717, 1.165) is 19.3 Å². The van der Waals surface area contributed by atoms with Crippen molar-refractivity contribution in [1.29, 1.82) is 0 Å². The van der Waals surface area contributed by atoms with Gasteiger partial charge < -0.3 is 5.11 Å². The summed E-state index contributed by atoms with van der Waals surface area (Å²) in [7, 11) is -3.62. The van der Waals surface area contributed by atoms with E-state index in [0.29, 0.717) is 18.5 Å². The Labute approximate surface area is 125 Å². The summed E-state index contributed by atoms with van der Waals surface area (Å²) in [6.07, 6.45) is 3.28. The fourth-order valence-electron chi connectivity index (χ4n) is 2.79. The van der Waals surface area contributed by atoms with Crippen molar-refractivity contribution >= 4 is 16.0 Å². The largest absolute Gasteiger partial charge is 0.478 e. The van der Waals surface area contributed by atoms with Crippen LogP contribution in [-0.4, -0.2) is 36.4 Å². The minimum Gasteiger partial charge on any atom is -0.478 e. The highest BCUT2D eigenvalue weighted by molar-refractivity contribution is 7.89. The molecule has 0 radical (unpaired) electrons. The lowest BCUT2D eigenvalue weighted by Crippen LogP contribution is -2.41. The van der Waals surface area contributed by atoms with Crippen LogP contribution in [0.3, 0.4) is 0 Å². The van der Waals surface area contributed by atoms with Crippen LogP contribution in [-0.2, 0) is 16.4 Å². The first-order valence-corrected chi connectivity index (χ1v) is 8.70. The van der Waals surface area contributed by atoms with Crippen molar-refractivity contribution in [1.82, 2.24) is 4.31 Å². The van der Waals surface area contributed by atoms with Crippen LogP contribution in [0.15, 0.2) is 23.1 Å². The normalized spacial score (nSPS) is 20.4. The van der Waals surface area contributed by atoms with Crippen molar-refractivity contribution in [2.75, 3.05) is 6.54 Å². The highest BCUT2D eigenvalue weighted by Gasteiger charge is 2.31. The van der Waals surface area contributed by atoms with Crippen molar-refractivity contribution in [3.8, 4) is 0 Å². The Hall–Kier alpha value is -1.40. The molecule has 0 amide bonds. The first-order valence-electron chi connectivity index (χ1n) is 7.26. The topological polar surface area (TPSA) is 74.7 Å². The van der Waals surface area contributed by atoms with Crippen molar-refractivity contribution in [2.24, 2.45) is 0 Å². The Morgan fingerprint density at radius 2 is 2.10 bits per heavy atom. The summed E-state index contributed by atoms with van der Waals surface area (Å²) >= 11 is 0. The first kappa shape index (κ1) is 16.0. The Kier molecular flexibility index (Phi) is 4.68. The highest BCUT2D eigenvalue weighted by atomic mass is 32.2. The van der Waals surface area contributed by atoms with E-state index in [-0.39, 0.29) is 16.5 Å². The van der Waals surface area contributed by atoms with Crippen molar-refractivity contribution in [3.05, 3.63) is 29.3 Å². The average Bonchev–Trinajstić information content (AvgIpc) is 2.46. The van der Waals surface area contributed by atoms with Gasteiger partial charge >= 0.3 is 5.97 Å². The fraction of sp³-hybridized carbons (Fsp3) is 0.533. The molecule has 1 aliphatic heterocycles. The van der Waals surface area contributed by atoms with Gasteiger partial charge in [0.1, 0.15) is 0 Å². The number of aromatic carboxylic acids is 1. The number of carboxylic acids is 1. The predicted molar refractivity (Wildman–Crippen MR) is 80.0 cm³/mol. The monoisotopic (exact) mass is 311 g/mol. The van der Waals surface area contributed by atoms with E-state index < -0.39 is 16.0 Å². The number of sulfonamides is 1. The third kappa shape index (κ3) is 3.11. The molecular formula is C15H21NO4S. The lowest BCUT2D eigenvalue weighted by atomic mass is 10.1. The molecule has 0 saturated carbocycles. The van der Waals surface area contributed by atoms with E-state index in [1.165, 1.54) is 16.4 Å². The number of rotatable bonds is 4. The molecule has 116 valence electrons. The molecule has 1 heterocycles. The van der Waals surface area contributed by atoms with Gasteiger partial charge in [-0.15, -0.1) is 0 Å². The molecule has 0 aliphatic carbocycles. The molecule has 5 nitrogen and oxygen atoms in total. The van der Waals surface area contributed by atoms with E-state index in [1.807, 2.05) is 13.8 Å². The summed E-state index contributed by atoms with van der Waals surface area (Å²) in [5, 5.41) is 9.24. The number of aryl methyl sites for hydroxylation is 1. The number of hydrogen-bond acceptors (Lipinski definition) is 3. The summed E-state index contributed by atoms with van der Waals surface area (Å²) < 4.78 is 26.9. The second-order valence-corrected chi connectivity index (χ2v) is 7.33. The Bertz CT molecular complexity index is 639. The second kappa shape index (κ2) is 6.15. The smallest absolute Gasteiger partial charge is 0.336 e. The van der Waals surface area contributed by atoms with E-state index in [4.69, 9.17) is 0 Å². The van der Waals surface area contributed by atoms with Gasteiger partial charge in [-0.1, -0.05) is 19.4 Å². The summed E-state index contributed by atoms with van der Waals surface area (Å²) in [6.45, 7) is 4.25. The zero-order valence-electron chi connectivity index (χ0n) is 12.4. The van der Waals surface area contributed by atoms with Crippen LogP contribution in [0.25, 0.3) is 0 Å². The Balaban J connectivity index is 2.45. The number of benzene rings is 1. The molecule has 1 fully saturated rings. The molecule has 1 saturated heterocycles. The number of carbonyl (C=O) groups is 1. The number of piperidine rings is 1. The quantitative estimate of drug-likeness (QED) is 0.927. The third-order valence-corrected chi connectivity index (χ3v) is 6.05. The highest BCUT2D eigenvalue weighted by Crippen LogP contribution is 2.26. The van der Waals surface area contributed by atoms with Crippen LogP contribution in [0.5, 0.6) is 0 Å². The molecule has 1 aromatic carbocycles. The van der Waals surface area contributed by atoms with E-state index in [9.17, 15) is 18.3 Å². The zero-order valence-corrected chi connectivity index (χ0v) is 13.2. The van der Waals surface area contributed by atoms with E-state index in [2.05, 4.69) is 0 Å². The summed E-state index contributed by atoms with van der Waals surface area (Å²) in [6, 6.07) is 4.37. The lowest BCUT2D eigenvalue weighted by molar-refractivity contribution is 0.0695. The van der Waals surface area contributed by atoms with Gasteiger partial charge in [-0.3, -0.25) is 0 Å². The van der Waals surface area contributed by atoms with E-state index >= 15 is 0 Å². The molecule has 0 spiro atoms. The van der Waals surface area contributed by atoms with Crippen LogP contribution >= 0.6 is 0 Å². The number of carboxylic acid groups (broad SMARTS) is 1. The Morgan fingerprint density at radius 1 is 1.38 bits per heavy atom. The van der Waals surface area contributed by atoms with Gasteiger partial charge in [-0.25, -0.2) is 13.2 Å². The third-order valence-electron chi connectivity index (χ3n) is 4.04. The molecule has 1 unspecified atom stereocenters. The van der Waals surface area contributed by atoms with Crippen molar-refractivity contribution < 1.29 is 18.3 Å². The standard InChI is InChI=1S/C15H21NO4S/c1-3-12-7-8-13(10-14(12)15(17)18)21(19,20)16-9-5-4-6-11(16)2/h7-8,10-11H,3-6,9H2,1-2H3,(H,17,18). The summed E-state index contributed by atoms with van der Waals surface area (Å²) in [5.74, 6) is -1.09. The number of hydrogen-bond donors (Lipinski definition) is 1. The molecule has 1 aromatic rings. The van der Waals surface area contributed by atoms with Gasteiger partial charge in [0.05, 0.1) is 10.5 Å². The Morgan fingerprint density at radius 3 is 2.67 bits per heavy atom. The molecule has 1 aliphatic rings. The molecule has 1 atom stereocenters. The maximum atomic E-state index is 12.7. The lowest BCUT2D eigenvalue weighted by Gasteiger charge is -2.32. The molecule has 1 N–H and O–H groups in total. The molecule has 0 aromatic heterocycles. The summed E-state index contributed by atoms with van der Waals surface area (Å²) in [4.78, 5) is 11.4. The molecule has 21 heavy (non-hydrogen) atoms. The molecule has 2 rings (SSSR count). The fourth-order valence-corrected chi connectivity index (χ4v) is 4.51. The second-order valence-electron chi connectivity index (χ2n) is 5.44. The van der Waals surface area contributed by atoms with Crippen LogP contribution in [0.4, 0.5) is 0 Å². The number of nitrogens with zero attached hydrogens (tertiary/aromatic N) is 1. The van der Waals surface area contributed by atoms with Crippen LogP contribution in [0.1, 0.15) is 49.0 Å². The average molecular weight is 311 g/mol. The van der Waals surface area contributed by atoms with Gasteiger partial charge in [-0.05, 0) is 43.9 Å². The van der Waals surface area contributed by atoms with Crippen LogP contribution in [0.2, 0.25) is 0 Å². The van der Waals surface area contributed by atoms with Crippen LogP contribution < -0.4 is 0 Å². The maximum Gasteiger partial charge on any atom is 0.336 e. The van der Waals surface area contributed by atoms with Gasteiger partial charge in [0, 0.05) is 12.6 Å². The predicted octanol–water partition coefficient (Wildman–Crippen LogP) is 2.51. The molecular weight excluding hydrogens is 290 g/mol.